The number of hydrogen-bond acceptors (Lipinski definition) is 5. The van der Waals surface area contributed by atoms with E-state index in [1.165, 1.54) is 19.3 Å². The predicted octanol–water partition coefficient (Wildman–Crippen LogP) is 1.98. The average molecular weight is 251 g/mol. The van der Waals surface area contributed by atoms with E-state index >= 15 is 0 Å². The Labute approximate surface area is 107 Å². The lowest BCUT2D eigenvalue weighted by atomic mass is 9.95. The van der Waals surface area contributed by atoms with Crippen molar-refractivity contribution in [3.05, 3.63) is 11.7 Å². The molecule has 100 valence electrons. The molecule has 1 aromatic heterocycles. The van der Waals surface area contributed by atoms with Crippen molar-refractivity contribution >= 4 is 0 Å². The van der Waals surface area contributed by atoms with Crippen molar-refractivity contribution in [2.24, 2.45) is 5.92 Å². The first-order valence-corrected chi connectivity index (χ1v) is 6.94. The van der Waals surface area contributed by atoms with Crippen LogP contribution in [0, 0.1) is 5.92 Å². The molecule has 1 saturated heterocycles. The van der Waals surface area contributed by atoms with E-state index in [1.54, 1.807) is 0 Å². The topological polar surface area (TPSA) is 60.2 Å². The van der Waals surface area contributed by atoms with Gasteiger partial charge in [-0.3, -0.25) is 0 Å². The molecule has 0 aromatic carbocycles. The highest BCUT2D eigenvalue weighted by Crippen LogP contribution is 2.32. The summed E-state index contributed by atoms with van der Waals surface area (Å²) in [6, 6.07) is 0. The van der Waals surface area contributed by atoms with Gasteiger partial charge in [0.2, 0.25) is 11.7 Å². The van der Waals surface area contributed by atoms with Gasteiger partial charge in [0, 0.05) is 6.61 Å². The second kappa shape index (κ2) is 4.97. The van der Waals surface area contributed by atoms with Crippen LogP contribution in [0.1, 0.15) is 50.7 Å². The molecule has 2 aliphatic rings. The molecule has 2 heterocycles. The zero-order valence-corrected chi connectivity index (χ0v) is 10.9. The van der Waals surface area contributed by atoms with Crippen molar-refractivity contribution in [3.63, 3.8) is 0 Å². The highest BCUT2D eigenvalue weighted by Gasteiger charge is 2.34. The van der Waals surface area contributed by atoms with E-state index in [2.05, 4.69) is 22.4 Å². The minimum absolute atomic E-state index is 0.351. The molecule has 1 atom stereocenters. The van der Waals surface area contributed by atoms with Crippen molar-refractivity contribution in [3.8, 4) is 0 Å². The Morgan fingerprint density at radius 1 is 1.39 bits per heavy atom. The van der Waals surface area contributed by atoms with Gasteiger partial charge in [-0.25, -0.2) is 0 Å². The average Bonchev–Trinajstić information content (AvgIpc) is 3.06. The van der Waals surface area contributed by atoms with Crippen molar-refractivity contribution < 1.29 is 9.26 Å². The molecule has 1 aliphatic carbocycles. The van der Waals surface area contributed by atoms with Crippen LogP contribution in [-0.4, -0.2) is 23.3 Å². The van der Waals surface area contributed by atoms with Crippen LogP contribution in [0.5, 0.6) is 0 Å². The van der Waals surface area contributed by atoms with E-state index < -0.39 is 0 Å². The first kappa shape index (κ1) is 12.1. The van der Waals surface area contributed by atoms with E-state index in [9.17, 15) is 0 Å². The van der Waals surface area contributed by atoms with Crippen LogP contribution in [0.4, 0.5) is 0 Å². The molecule has 2 fully saturated rings. The van der Waals surface area contributed by atoms with Gasteiger partial charge in [0.1, 0.15) is 5.60 Å². The fourth-order valence-electron chi connectivity index (χ4n) is 2.36. The molecular formula is C13H21N3O2. The molecular weight excluding hydrogens is 230 g/mol. The predicted molar refractivity (Wildman–Crippen MR) is 65.9 cm³/mol. The maximum absolute atomic E-state index is 5.81. The summed E-state index contributed by atoms with van der Waals surface area (Å²) in [7, 11) is 0. The van der Waals surface area contributed by atoms with Crippen LogP contribution in [0.25, 0.3) is 0 Å². The summed E-state index contributed by atoms with van der Waals surface area (Å²) in [5, 5.41) is 7.43. The molecule has 5 heteroatoms. The smallest absolute Gasteiger partial charge is 0.240 e. The summed E-state index contributed by atoms with van der Waals surface area (Å²) < 4.78 is 11.1. The summed E-state index contributed by atoms with van der Waals surface area (Å²) in [6.45, 7) is 4.57. The zero-order valence-electron chi connectivity index (χ0n) is 10.9. The monoisotopic (exact) mass is 251 g/mol. The third kappa shape index (κ3) is 2.72. The van der Waals surface area contributed by atoms with Gasteiger partial charge in [-0.1, -0.05) is 5.16 Å². The van der Waals surface area contributed by atoms with Gasteiger partial charge in [0.15, 0.2) is 0 Å². The Hall–Kier alpha value is -0.940. The van der Waals surface area contributed by atoms with E-state index in [0.717, 1.165) is 31.9 Å². The summed E-state index contributed by atoms with van der Waals surface area (Å²) in [5.74, 6) is 2.23. The fraction of sp³-hybridized carbons (Fsp3) is 0.846. The molecule has 0 amide bonds. The third-order valence-electron chi connectivity index (χ3n) is 3.82. The molecule has 18 heavy (non-hydrogen) atoms. The van der Waals surface area contributed by atoms with Gasteiger partial charge in [0.25, 0.3) is 0 Å². The maximum atomic E-state index is 5.81. The highest BCUT2D eigenvalue weighted by atomic mass is 16.5. The third-order valence-corrected chi connectivity index (χ3v) is 3.82. The van der Waals surface area contributed by atoms with Crippen LogP contribution in [-0.2, 0) is 16.9 Å². The lowest BCUT2D eigenvalue weighted by Gasteiger charge is -2.30. The Morgan fingerprint density at radius 3 is 3.00 bits per heavy atom. The number of rotatable bonds is 5. The Bertz CT molecular complexity index is 395. The Morgan fingerprint density at radius 2 is 2.28 bits per heavy atom. The number of ether oxygens (including phenoxy) is 1. The van der Waals surface area contributed by atoms with Crippen molar-refractivity contribution in [2.75, 3.05) is 13.2 Å². The van der Waals surface area contributed by atoms with E-state index in [0.29, 0.717) is 18.3 Å². The van der Waals surface area contributed by atoms with Crippen LogP contribution in [0.2, 0.25) is 0 Å². The van der Waals surface area contributed by atoms with Gasteiger partial charge in [-0.2, -0.15) is 4.98 Å². The van der Waals surface area contributed by atoms with Gasteiger partial charge in [0.05, 0.1) is 6.54 Å². The van der Waals surface area contributed by atoms with Crippen molar-refractivity contribution in [2.45, 2.75) is 51.2 Å². The van der Waals surface area contributed by atoms with Crippen molar-refractivity contribution in [1.82, 2.24) is 15.5 Å². The molecule has 1 aromatic rings. The lowest BCUT2D eigenvalue weighted by molar-refractivity contribution is -0.0770. The molecule has 0 radical (unpaired) electrons. The van der Waals surface area contributed by atoms with Gasteiger partial charge < -0.3 is 14.6 Å². The quantitative estimate of drug-likeness (QED) is 0.867. The van der Waals surface area contributed by atoms with Crippen LogP contribution >= 0.6 is 0 Å². The number of nitrogens with zero attached hydrogens (tertiary/aromatic N) is 2. The minimum atomic E-state index is -0.351. The molecule has 3 rings (SSSR count). The molecule has 1 unspecified atom stereocenters. The first-order chi connectivity index (χ1) is 8.76. The summed E-state index contributed by atoms with van der Waals surface area (Å²) in [5.41, 5.74) is -0.351. The molecule has 0 bridgehead atoms. The number of aromatic nitrogens is 2. The van der Waals surface area contributed by atoms with Crippen LogP contribution in [0.15, 0.2) is 4.52 Å². The fourth-order valence-corrected chi connectivity index (χ4v) is 2.36. The molecule has 1 N–H and O–H groups in total. The second-order valence-corrected chi connectivity index (χ2v) is 5.62. The van der Waals surface area contributed by atoms with E-state index in [1.807, 2.05) is 0 Å². The summed E-state index contributed by atoms with van der Waals surface area (Å²) in [6.07, 6.45) is 5.98. The first-order valence-electron chi connectivity index (χ1n) is 6.94. The molecule has 1 aliphatic heterocycles. The Balaban J connectivity index is 1.57. The lowest BCUT2D eigenvalue weighted by Crippen LogP contribution is -2.31. The van der Waals surface area contributed by atoms with Crippen molar-refractivity contribution in [1.29, 1.82) is 0 Å². The SMILES string of the molecule is CC1(c2noc(CNCC3CC3)n2)CCCCO1. The minimum Gasteiger partial charge on any atom is -0.367 e. The molecule has 5 nitrogen and oxygen atoms in total. The standard InChI is InChI=1S/C13H21N3O2/c1-13(6-2-3-7-17-13)12-15-11(18-16-12)9-14-8-10-4-5-10/h10,14H,2-9H2,1H3. The van der Waals surface area contributed by atoms with Gasteiger partial charge >= 0.3 is 0 Å². The van der Waals surface area contributed by atoms with E-state index in [4.69, 9.17) is 9.26 Å². The normalized spacial score (nSPS) is 28.5. The van der Waals surface area contributed by atoms with Crippen LogP contribution in [0.3, 0.4) is 0 Å². The molecule has 0 spiro atoms. The molecule has 1 saturated carbocycles. The second-order valence-electron chi connectivity index (χ2n) is 5.62. The van der Waals surface area contributed by atoms with Crippen LogP contribution < -0.4 is 5.32 Å². The largest absolute Gasteiger partial charge is 0.367 e. The Kier molecular flexibility index (Phi) is 3.35. The maximum Gasteiger partial charge on any atom is 0.240 e. The summed E-state index contributed by atoms with van der Waals surface area (Å²) in [4.78, 5) is 4.46. The highest BCUT2D eigenvalue weighted by molar-refractivity contribution is 5.00. The number of nitrogens with one attached hydrogen (secondary N) is 1. The van der Waals surface area contributed by atoms with E-state index in [-0.39, 0.29) is 5.60 Å². The zero-order chi connectivity index (χ0) is 12.4. The summed E-state index contributed by atoms with van der Waals surface area (Å²) >= 11 is 0. The van der Waals surface area contributed by atoms with Gasteiger partial charge in [-0.15, -0.1) is 0 Å². The van der Waals surface area contributed by atoms with Gasteiger partial charge in [-0.05, 0) is 51.5 Å². The number of hydrogen-bond donors (Lipinski definition) is 1.